The lowest BCUT2D eigenvalue weighted by Gasteiger charge is -2.34. The third-order valence-electron chi connectivity index (χ3n) is 20.1. The molecule has 0 aliphatic carbocycles. The highest BCUT2D eigenvalue weighted by Crippen LogP contribution is 2.41. The van der Waals surface area contributed by atoms with Crippen molar-refractivity contribution in [2.45, 2.75) is 74.7 Å². The third kappa shape index (κ3) is 14.5. The molecule has 14 nitrogen and oxygen atoms in total. The number of hydrogen-bond acceptors (Lipinski definition) is 14. The van der Waals surface area contributed by atoms with Crippen LogP contribution < -0.4 is 57.8 Å². The van der Waals surface area contributed by atoms with Gasteiger partial charge in [0.2, 0.25) is 9.84 Å². The van der Waals surface area contributed by atoms with Gasteiger partial charge in [-0.2, -0.15) is 0 Å². The normalized spacial score (nSPS) is 14.9. The van der Waals surface area contributed by atoms with Crippen LogP contribution in [-0.2, 0) is 60.9 Å². The lowest BCUT2D eigenvalue weighted by molar-refractivity contribution is 0.288. The summed E-state index contributed by atoms with van der Waals surface area (Å²) < 4.78 is 63.2. The maximum atomic E-state index is 13.6. The average Bonchev–Trinajstić information content (AvgIpc) is 0.774. The summed E-state index contributed by atoms with van der Waals surface area (Å²) in [5, 5.41) is 0. The van der Waals surface area contributed by atoms with Gasteiger partial charge in [0, 0.05) is 112 Å². The number of sulfone groups is 1. The molecular formula is C88H80N6O8S. The van der Waals surface area contributed by atoms with E-state index in [0.29, 0.717) is 65.0 Å². The van der Waals surface area contributed by atoms with E-state index in [2.05, 4.69) is 213 Å². The minimum absolute atomic E-state index is 0.159. The monoisotopic (exact) mass is 1380 g/mol. The molecule has 6 heterocycles. The second-order valence-electron chi connectivity index (χ2n) is 27.2. The van der Waals surface area contributed by atoms with E-state index in [1.165, 1.54) is 67.3 Å². The van der Waals surface area contributed by atoms with Crippen LogP contribution in [0.25, 0.3) is 0 Å². The number of anilines is 6. The van der Waals surface area contributed by atoms with Gasteiger partial charge >= 0.3 is 0 Å². The second kappa shape index (κ2) is 29.0. The Labute approximate surface area is 603 Å². The van der Waals surface area contributed by atoms with E-state index in [0.717, 1.165) is 78.1 Å². The van der Waals surface area contributed by atoms with Gasteiger partial charge in [0.1, 0.15) is 34.5 Å². The van der Waals surface area contributed by atoms with Crippen LogP contribution in [0, 0.1) is 0 Å². The number of fused-ring (bicyclic) bond motifs is 6. The van der Waals surface area contributed by atoms with Gasteiger partial charge < -0.3 is 57.8 Å². The summed E-state index contributed by atoms with van der Waals surface area (Å²) in [6.45, 7) is 12.3. The van der Waals surface area contributed by atoms with E-state index >= 15 is 0 Å². The minimum Gasteiger partial charge on any atom is -0.473 e. The van der Waals surface area contributed by atoms with Gasteiger partial charge in [-0.1, -0.05) is 147 Å². The zero-order chi connectivity index (χ0) is 69.7. The highest BCUT2D eigenvalue weighted by molar-refractivity contribution is 7.91. The van der Waals surface area contributed by atoms with E-state index in [9.17, 15) is 8.42 Å². The zero-order valence-electron chi connectivity index (χ0n) is 57.8. The molecule has 12 aromatic rings. The van der Waals surface area contributed by atoms with Crippen molar-refractivity contribution >= 4 is 44.0 Å². The SMILES string of the molecule is CC(C)(c1ccc2c(c1)CN(c1ccccc1)CO2)c1ccc2c(c1)CN(c1ccccc1)CO2.O=S(=O)(c1ccc2c(c1)CN(c1ccccc1)CO2)c1ccc2c(c1)CN(c1ccccc1)CO2.c1ccc(N2COc3ccc(Cc4ccc5c(c4)CN(c4ccccc4)CO5)cc3C2)cc1. The topological polar surface area (TPSA) is 109 Å². The maximum absolute atomic E-state index is 13.6. The van der Waals surface area contributed by atoms with E-state index in [1.807, 2.05) is 84.9 Å². The van der Waals surface area contributed by atoms with Gasteiger partial charge in [0.25, 0.3) is 0 Å². The first-order chi connectivity index (χ1) is 50.5. The Morgan fingerprint density at radius 2 is 0.495 bits per heavy atom. The Hall–Kier alpha value is -11.8. The largest absolute Gasteiger partial charge is 0.473 e. The van der Waals surface area contributed by atoms with Crippen molar-refractivity contribution in [1.29, 1.82) is 0 Å². The first-order valence-electron chi connectivity index (χ1n) is 35.1. The first kappa shape index (κ1) is 65.8. The van der Waals surface area contributed by atoms with Crippen molar-refractivity contribution in [3.8, 4) is 34.5 Å². The molecule has 103 heavy (non-hydrogen) atoms. The predicted octanol–water partition coefficient (Wildman–Crippen LogP) is 17.9. The fraction of sp³-hybridized carbons (Fsp3) is 0.182. The fourth-order valence-corrected chi connectivity index (χ4v) is 15.6. The summed E-state index contributed by atoms with van der Waals surface area (Å²) in [5.41, 5.74) is 18.4. The molecule has 0 aromatic heterocycles. The molecule has 6 aliphatic heterocycles. The van der Waals surface area contributed by atoms with Gasteiger partial charge in [-0.05, 0) is 186 Å². The molecule has 15 heteroatoms. The van der Waals surface area contributed by atoms with Crippen LogP contribution in [-0.4, -0.2) is 48.8 Å². The molecule has 0 bridgehead atoms. The Morgan fingerprint density at radius 1 is 0.272 bits per heavy atom. The number of benzene rings is 12. The maximum Gasteiger partial charge on any atom is 0.206 e. The van der Waals surface area contributed by atoms with Crippen LogP contribution in [0.15, 0.2) is 301 Å². The smallest absolute Gasteiger partial charge is 0.206 e. The average molecular weight is 1380 g/mol. The number of nitrogens with zero attached hydrogens (tertiary/aromatic N) is 6. The Bertz CT molecular complexity index is 4770. The van der Waals surface area contributed by atoms with Crippen molar-refractivity contribution in [3.05, 3.63) is 347 Å². The molecule has 0 unspecified atom stereocenters. The van der Waals surface area contributed by atoms with Gasteiger partial charge in [-0.25, -0.2) is 8.42 Å². The fourth-order valence-electron chi connectivity index (χ4n) is 14.2. The van der Waals surface area contributed by atoms with Crippen molar-refractivity contribution in [2.75, 3.05) is 69.8 Å². The highest BCUT2D eigenvalue weighted by Gasteiger charge is 2.31. The standard InChI is InChI=1S/C31H30N2O2.C29H26N2O2.C28H24N2O4S/c1-31(2,25-13-15-29-23(17-25)19-32(21-34-29)27-9-5-3-6-10-27)26-14-16-30-24(18-26)20-33(22-35-30)28-11-7-4-8-12-28;1-3-7-26(8-4-1)30-18-24-16-22(11-13-28(24)32-20-30)15-23-12-14-29-25(17-23)19-31(21-33-29)27-9-5-2-6-10-27;31-35(32,25-11-13-27-21(15-25)17-29(19-33-27)23-7-3-1-4-8-23)26-12-14-28-22(16-26)18-30(20-34-28)24-9-5-2-6-10-24/h3-18H,19-22H2,1-2H3;1-14,16-17H,15,18-21H2;1-16H,17-20H2. The Kier molecular flexibility index (Phi) is 18.5. The summed E-state index contributed by atoms with van der Waals surface area (Å²) in [6, 6.07) is 98.4. The summed E-state index contributed by atoms with van der Waals surface area (Å²) in [6.07, 6.45) is 0.886. The Balaban J connectivity index is 0.000000119. The second-order valence-corrected chi connectivity index (χ2v) is 29.2. The van der Waals surface area contributed by atoms with Gasteiger partial charge in [-0.3, -0.25) is 0 Å². The van der Waals surface area contributed by atoms with Crippen LogP contribution in [0.3, 0.4) is 0 Å². The number of ether oxygens (including phenoxy) is 6. The molecular weight excluding hydrogens is 1300 g/mol. The van der Waals surface area contributed by atoms with Crippen LogP contribution in [0.1, 0.15) is 69.5 Å². The van der Waals surface area contributed by atoms with Crippen molar-refractivity contribution < 1.29 is 36.8 Å². The van der Waals surface area contributed by atoms with Crippen LogP contribution in [0.5, 0.6) is 34.5 Å². The molecule has 516 valence electrons. The van der Waals surface area contributed by atoms with Gasteiger partial charge in [-0.15, -0.1) is 0 Å². The van der Waals surface area contributed by atoms with Crippen LogP contribution in [0.4, 0.5) is 34.1 Å². The summed E-state index contributed by atoms with van der Waals surface area (Å²) >= 11 is 0. The molecule has 0 N–H and O–H groups in total. The highest BCUT2D eigenvalue weighted by atomic mass is 32.2. The Morgan fingerprint density at radius 3 is 0.757 bits per heavy atom. The van der Waals surface area contributed by atoms with Crippen molar-refractivity contribution in [3.63, 3.8) is 0 Å². The lowest BCUT2D eigenvalue weighted by atomic mass is 9.77. The quantitative estimate of drug-likeness (QED) is 0.116. The molecule has 0 saturated carbocycles. The molecule has 0 fully saturated rings. The van der Waals surface area contributed by atoms with Gasteiger partial charge in [0.15, 0.2) is 40.4 Å². The van der Waals surface area contributed by atoms with Crippen LogP contribution >= 0.6 is 0 Å². The number of hydrogen-bond donors (Lipinski definition) is 0. The van der Waals surface area contributed by atoms with Crippen molar-refractivity contribution in [1.82, 2.24) is 0 Å². The number of para-hydroxylation sites is 6. The summed E-state index contributed by atoms with van der Waals surface area (Å²) in [5.74, 6) is 5.37. The molecule has 18 rings (SSSR count). The molecule has 0 saturated heterocycles. The van der Waals surface area contributed by atoms with E-state index in [4.69, 9.17) is 28.4 Å². The van der Waals surface area contributed by atoms with E-state index in [-0.39, 0.29) is 15.2 Å². The van der Waals surface area contributed by atoms with E-state index in [1.54, 1.807) is 36.4 Å². The third-order valence-corrected chi connectivity index (χ3v) is 21.8. The summed E-state index contributed by atoms with van der Waals surface area (Å²) in [7, 11) is -3.72. The van der Waals surface area contributed by atoms with Gasteiger partial charge in [0.05, 0.1) is 9.79 Å². The predicted molar refractivity (Wildman–Crippen MR) is 408 cm³/mol. The zero-order valence-corrected chi connectivity index (χ0v) is 58.6. The molecule has 0 radical (unpaired) electrons. The molecule has 0 atom stereocenters. The first-order valence-corrected chi connectivity index (χ1v) is 36.5. The molecule has 12 aromatic carbocycles. The molecule has 0 spiro atoms. The minimum atomic E-state index is -3.72. The van der Waals surface area contributed by atoms with Crippen LogP contribution in [0.2, 0.25) is 0 Å². The molecule has 6 aliphatic rings. The lowest BCUT2D eigenvalue weighted by Crippen LogP contribution is -2.32. The van der Waals surface area contributed by atoms with E-state index < -0.39 is 9.84 Å². The molecule has 0 amide bonds. The number of rotatable bonds is 12. The van der Waals surface area contributed by atoms with Crippen molar-refractivity contribution in [2.24, 2.45) is 0 Å². The summed E-state index contributed by atoms with van der Waals surface area (Å²) in [4.78, 5) is 13.7.